The number of aromatic carboxylic acids is 1. The van der Waals surface area contributed by atoms with Crippen molar-refractivity contribution >= 4 is 17.6 Å². The molecule has 1 rings (SSSR count). The Balaban J connectivity index is 2.82. The summed E-state index contributed by atoms with van der Waals surface area (Å²) >= 11 is 0. The standard InChI is InChI=1S/C16H23NO4/c1-5-11(10(2)3)9-15(18)17-13-7-6-12(16(19)20)8-14(13)21-4/h6-8,10-11H,5,9H2,1-4H3,(H,17,18)(H,19,20). The molecule has 1 atom stereocenters. The lowest BCUT2D eigenvalue weighted by molar-refractivity contribution is -0.117. The summed E-state index contributed by atoms with van der Waals surface area (Å²) in [5.41, 5.74) is 0.615. The summed E-state index contributed by atoms with van der Waals surface area (Å²) in [5.74, 6) is 0.00104. The van der Waals surface area contributed by atoms with Gasteiger partial charge in [-0.2, -0.15) is 0 Å². The van der Waals surface area contributed by atoms with Gasteiger partial charge in [-0.15, -0.1) is 0 Å². The molecular weight excluding hydrogens is 270 g/mol. The largest absolute Gasteiger partial charge is 0.495 e. The van der Waals surface area contributed by atoms with Crippen LogP contribution in [0, 0.1) is 11.8 Å². The summed E-state index contributed by atoms with van der Waals surface area (Å²) in [5, 5.41) is 11.7. The second-order valence-corrected chi connectivity index (χ2v) is 5.38. The number of amides is 1. The minimum Gasteiger partial charge on any atom is -0.495 e. The number of anilines is 1. The monoisotopic (exact) mass is 293 g/mol. The van der Waals surface area contributed by atoms with E-state index in [0.29, 0.717) is 29.7 Å². The van der Waals surface area contributed by atoms with Gasteiger partial charge in [0, 0.05) is 6.42 Å². The van der Waals surface area contributed by atoms with Gasteiger partial charge in [0.15, 0.2) is 0 Å². The number of hydrogen-bond donors (Lipinski definition) is 2. The van der Waals surface area contributed by atoms with E-state index >= 15 is 0 Å². The van der Waals surface area contributed by atoms with Crippen LogP contribution in [0.2, 0.25) is 0 Å². The summed E-state index contributed by atoms with van der Waals surface area (Å²) in [6.45, 7) is 6.27. The SMILES string of the molecule is CCC(CC(=O)Nc1ccc(C(=O)O)cc1OC)C(C)C. The van der Waals surface area contributed by atoms with Crippen LogP contribution in [-0.4, -0.2) is 24.1 Å². The molecule has 0 radical (unpaired) electrons. The van der Waals surface area contributed by atoms with E-state index in [1.807, 2.05) is 0 Å². The Bertz CT molecular complexity index is 511. The highest BCUT2D eigenvalue weighted by atomic mass is 16.5. The molecule has 1 aromatic rings. The van der Waals surface area contributed by atoms with Crippen LogP contribution in [0.4, 0.5) is 5.69 Å². The minimum absolute atomic E-state index is 0.0862. The second-order valence-electron chi connectivity index (χ2n) is 5.38. The molecule has 1 amide bonds. The van der Waals surface area contributed by atoms with E-state index < -0.39 is 5.97 Å². The highest BCUT2D eigenvalue weighted by Gasteiger charge is 2.17. The molecule has 116 valence electrons. The fourth-order valence-electron chi connectivity index (χ4n) is 2.22. The van der Waals surface area contributed by atoms with Crippen molar-refractivity contribution in [2.45, 2.75) is 33.6 Å². The van der Waals surface area contributed by atoms with Crippen LogP contribution in [0.5, 0.6) is 5.75 Å². The average Bonchev–Trinajstić information content (AvgIpc) is 2.44. The van der Waals surface area contributed by atoms with Gasteiger partial charge in [0.2, 0.25) is 5.91 Å². The number of carbonyl (C=O) groups is 2. The third-order valence-corrected chi connectivity index (χ3v) is 3.64. The molecule has 0 saturated carbocycles. The van der Waals surface area contributed by atoms with Crippen LogP contribution in [0.1, 0.15) is 44.0 Å². The zero-order valence-corrected chi connectivity index (χ0v) is 13.0. The van der Waals surface area contributed by atoms with Crippen molar-refractivity contribution in [2.75, 3.05) is 12.4 Å². The second kappa shape index (κ2) is 7.67. The lowest BCUT2D eigenvalue weighted by Gasteiger charge is -2.19. The molecule has 5 nitrogen and oxygen atoms in total. The molecule has 0 saturated heterocycles. The van der Waals surface area contributed by atoms with E-state index in [9.17, 15) is 9.59 Å². The molecule has 1 aromatic carbocycles. The van der Waals surface area contributed by atoms with Crippen molar-refractivity contribution in [1.82, 2.24) is 0 Å². The number of methoxy groups -OCH3 is 1. The van der Waals surface area contributed by atoms with Crippen molar-refractivity contribution in [3.8, 4) is 5.75 Å². The predicted octanol–water partition coefficient (Wildman–Crippen LogP) is 3.40. The zero-order valence-electron chi connectivity index (χ0n) is 13.0. The van der Waals surface area contributed by atoms with Gasteiger partial charge in [-0.05, 0) is 30.0 Å². The van der Waals surface area contributed by atoms with Crippen LogP contribution in [0.3, 0.4) is 0 Å². The van der Waals surface area contributed by atoms with Gasteiger partial charge < -0.3 is 15.2 Å². The van der Waals surface area contributed by atoms with Gasteiger partial charge in [0.1, 0.15) is 5.75 Å². The Morgan fingerprint density at radius 1 is 1.33 bits per heavy atom. The maximum Gasteiger partial charge on any atom is 0.335 e. The maximum atomic E-state index is 12.1. The molecule has 0 heterocycles. The van der Waals surface area contributed by atoms with Crippen LogP contribution in [-0.2, 0) is 4.79 Å². The molecule has 0 bridgehead atoms. The first-order valence-corrected chi connectivity index (χ1v) is 7.10. The zero-order chi connectivity index (χ0) is 16.0. The van der Waals surface area contributed by atoms with Gasteiger partial charge in [0.25, 0.3) is 0 Å². The number of nitrogens with one attached hydrogen (secondary N) is 1. The number of carboxylic acid groups (broad SMARTS) is 1. The lowest BCUT2D eigenvalue weighted by atomic mass is 9.90. The number of rotatable bonds is 7. The van der Waals surface area contributed by atoms with E-state index in [0.717, 1.165) is 6.42 Å². The fraction of sp³-hybridized carbons (Fsp3) is 0.500. The highest BCUT2D eigenvalue weighted by molar-refractivity contribution is 5.94. The first-order chi connectivity index (χ1) is 9.88. The summed E-state index contributed by atoms with van der Waals surface area (Å²) in [6.07, 6.45) is 1.39. The molecular formula is C16H23NO4. The summed E-state index contributed by atoms with van der Waals surface area (Å²) < 4.78 is 5.14. The molecule has 0 aliphatic carbocycles. The fourth-order valence-corrected chi connectivity index (χ4v) is 2.22. The van der Waals surface area contributed by atoms with Crippen molar-refractivity contribution < 1.29 is 19.4 Å². The first kappa shape index (κ1) is 17.0. The highest BCUT2D eigenvalue weighted by Crippen LogP contribution is 2.27. The van der Waals surface area contributed by atoms with Crippen LogP contribution >= 0.6 is 0 Å². The van der Waals surface area contributed by atoms with Gasteiger partial charge in [-0.1, -0.05) is 27.2 Å². The average molecular weight is 293 g/mol. The Morgan fingerprint density at radius 3 is 2.48 bits per heavy atom. The van der Waals surface area contributed by atoms with Crippen molar-refractivity contribution in [3.63, 3.8) is 0 Å². The third kappa shape index (κ3) is 4.77. The summed E-state index contributed by atoms with van der Waals surface area (Å²) in [7, 11) is 1.44. The maximum absolute atomic E-state index is 12.1. The molecule has 1 unspecified atom stereocenters. The Hall–Kier alpha value is -2.04. The predicted molar refractivity (Wildman–Crippen MR) is 81.8 cm³/mol. The summed E-state index contributed by atoms with van der Waals surface area (Å²) in [4.78, 5) is 23.0. The summed E-state index contributed by atoms with van der Waals surface area (Å²) in [6, 6.07) is 4.40. The lowest BCUT2D eigenvalue weighted by Crippen LogP contribution is -2.19. The number of carbonyl (C=O) groups excluding carboxylic acids is 1. The quantitative estimate of drug-likeness (QED) is 0.808. The smallest absolute Gasteiger partial charge is 0.335 e. The number of hydrogen-bond acceptors (Lipinski definition) is 3. The number of benzene rings is 1. The van der Waals surface area contributed by atoms with Gasteiger partial charge >= 0.3 is 5.97 Å². The minimum atomic E-state index is -1.03. The Morgan fingerprint density at radius 2 is 2.00 bits per heavy atom. The van der Waals surface area contributed by atoms with E-state index in [1.165, 1.54) is 19.2 Å². The van der Waals surface area contributed by atoms with Gasteiger partial charge in [-0.3, -0.25) is 4.79 Å². The Labute approximate surface area is 125 Å². The normalized spacial score (nSPS) is 12.0. The van der Waals surface area contributed by atoms with E-state index in [-0.39, 0.29) is 11.5 Å². The van der Waals surface area contributed by atoms with Crippen molar-refractivity contribution in [1.29, 1.82) is 0 Å². The molecule has 0 aliphatic heterocycles. The third-order valence-electron chi connectivity index (χ3n) is 3.64. The van der Waals surface area contributed by atoms with Crippen LogP contribution in [0.25, 0.3) is 0 Å². The van der Waals surface area contributed by atoms with Crippen LogP contribution in [0.15, 0.2) is 18.2 Å². The number of ether oxygens (including phenoxy) is 1. The van der Waals surface area contributed by atoms with Crippen molar-refractivity contribution in [3.05, 3.63) is 23.8 Å². The van der Waals surface area contributed by atoms with E-state index in [1.54, 1.807) is 6.07 Å². The number of carboxylic acids is 1. The molecule has 0 fully saturated rings. The van der Waals surface area contributed by atoms with Gasteiger partial charge in [-0.25, -0.2) is 4.79 Å². The molecule has 2 N–H and O–H groups in total. The van der Waals surface area contributed by atoms with Crippen molar-refractivity contribution in [2.24, 2.45) is 11.8 Å². The molecule has 0 spiro atoms. The van der Waals surface area contributed by atoms with E-state index in [2.05, 4.69) is 26.1 Å². The van der Waals surface area contributed by atoms with Crippen LogP contribution < -0.4 is 10.1 Å². The molecule has 21 heavy (non-hydrogen) atoms. The topological polar surface area (TPSA) is 75.6 Å². The Kier molecular flexibility index (Phi) is 6.21. The first-order valence-electron chi connectivity index (χ1n) is 7.10. The van der Waals surface area contributed by atoms with Gasteiger partial charge in [0.05, 0.1) is 18.4 Å². The molecule has 5 heteroatoms. The molecule has 0 aliphatic rings. The molecule has 0 aromatic heterocycles. The van der Waals surface area contributed by atoms with E-state index in [4.69, 9.17) is 9.84 Å².